The molecular weight excluding hydrogens is 258 g/mol. The molecule has 0 fully saturated rings. The molecule has 0 aliphatic carbocycles. The van der Waals surface area contributed by atoms with Crippen molar-refractivity contribution in [2.75, 3.05) is 6.54 Å². The predicted octanol–water partition coefficient (Wildman–Crippen LogP) is 4.44. The Labute approximate surface area is 121 Å². The van der Waals surface area contributed by atoms with E-state index in [1.54, 1.807) is 0 Å². The molecule has 0 saturated heterocycles. The van der Waals surface area contributed by atoms with Gasteiger partial charge in [-0.1, -0.05) is 36.2 Å². The van der Waals surface area contributed by atoms with Gasteiger partial charge in [-0.15, -0.1) is 0 Å². The van der Waals surface area contributed by atoms with Crippen molar-refractivity contribution in [2.45, 2.75) is 46.3 Å². The first-order valence-electron chi connectivity index (χ1n) is 6.83. The van der Waals surface area contributed by atoms with E-state index in [1.165, 1.54) is 5.57 Å². The minimum Gasteiger partial charge on any atom is -0.489 e. The SMILES string of the molecule is CCCNC(C=C(C)C)C(C)Oc1cccc(Cl)c1. The van der Waals surface area contributed by atoms with Crippen molar-refractivity contribution in [3.8, 4) is 5.75 Å². The van der Waals surface area contributed by atoms with E-state index in [2.05, 4.69) is 39.1 Å². The monoisotopic (exact) mass is 281 g/mol. The van der Waals surface area contributed by atoms with Crippen molar-refractivity contribution in [1.29, 1.82) is 0 Å². The Morgan fingerprint density at radius 2 is 2.16 bits per heavy atom. The van der Waals surface area contributed by atoms with E-state index in [9.17, 15) is 0 Å². The first kappa shape index (κ1) is 16.1. The molecule has 106 valence electrons. The highest BCUT2D eigenvalue weighted by Crippen LogP contribution is 2.19. The maximum Gasteiger partial charge on any atom is 0.121 e. The fraction of sp³-hybridized carbons (Fsp3) is 0.500. The number of halogens is 1. The Balaban J connectivity index is 2.70. The quantitative estimate of drug-likeness (QED) is 0.746. The average Bonchev–Trinajstić information content (AvgIpc) is 2.34. The lowest BCUT2D eigenvalue weighted by molar-refractivity contribution is 0.189. The molecule has 2 unspecified atom stereocenters. The van der Waals surface area contributed by atoms with Gasteiger partial charge < -0.3 is 10.1 Å². The van der Waals surface area contributed by atoms with Crippen LogP contribution in [0.5, 0.6) is 5.75 Å². The molecule has 1 N–H and O–H groups in total. The van der Waals surface area contributed by atoms with Gasteiger partial charge in [-0.05, 0) is 51.9 Å². The van der Waals surface area contributed by atoms with Gasteiger partial charge in [0.15, 0.2) is 0 Å². The lowest BCUT2D eigenvalue weighted by Gasteiger charge is -2.24. The first-order chi connectivity index (χ1) is 9.02. The molecule has 0 aliphatic heterocycles. The summed E-state index contributed by atoms with van der Waals surface area (Å²) in [4.78, 5) is 0. The van der Waals surface area contributed by atoms with Crippen LogP contribution in [-0.4, -0.2) is 18.7 Å². The van der Waals surface area contributed by atoms with Crippen LogP contribution in [0.3, 0.4) is 0 Å². The van der Waals surface area contributed by atoms with Gasteiger partial charge in [0.1, 0.15) is 11.9 Å². The summed E-state index contributed by atoms with van der Waals surface area (Å²) in [5.41, 5.74) is 1.29. The first-order valence-corrected chi connectivity index (χ1v) is 7.21. The van der Waals surface area contributed by atoms with Crippen molar-refractivity contribution in [3.05, 3.63) is 40.9 Å². The number of nitrogens with one attached hydrogen (secondary N) is 1. The van der Waals surface area contributed by atoms with Gasteiger partial charge in [-0.25, -0.2) is 0 Å². The molecule has 2 nitrogen and oxygen atoms in total. The zero-order valence-electron chi connectivity index (χ0n) is 12.2. The summed E-state index contributed by atoms with van der Waals surface area (Å²) in [6.07, 6.45) is 3.38. The fourth-order valence-electron chi connectivity index (χ4n) is 1.86. The van der Waals surface area contributed by atoms with Gasteiger partial charge in [0.05, 0.1) is 6.04 Å². The third kappa shape index (κ3) is 6.13. The molecule has 0 aliphatic rings. The second kappa shape index (κ2) is 8.23. The average molecular weight is 282 g/mol. The molecule has 1 aromatic carbocycles. The van der Waals surface area contributed by atoms with Crippen LogP contribution >= 0.6 is 11.6 Å². The topological polar surface area (TPSA) is 21.3 Å². The largest absolute Gasteiger partial charge is 0.489 e. The van der Waals surface area contributed by atoms with E-state index in [-0.39, 0.29) is 12.1 Å². The lowest BCUT2D eigenvalue weighted by Crippen LogP contribution is -2.40. The van der Waals surface area contributed by atoms with Crippen LogP contribution in [0, 0.1) is 0 Å². The highest BCUT2D eigenvalue weighted by atomic mass is 35.5. The number of allylic oxidation sites excluding steroid dienone is 1. The highest BCUT2D eigenvalue weighted by molar-refractivity contribution is 6.30. The normalized spacial score (nSPS) is 13.7. The molecule has 0 spiro atoms. The molecule has 1 aromatic rings. The van der Waals surface area contributed by atoms with E-state index in [0.29, 0.717) is 5.02 Å². The second-order valence-corrected chi connectivity index (χ2v) is 5.44. The van der Waals surface area contributed by atoms with Crippen molar-refractivity contribution in [2.24, 2.45) is 0 Å². The highest BCUT2D eigenvalue weighted by Gasteiger charge is 2.15. The third-order valence-electron chi connectivity index (χ3n) is 2.77. The summed E-state index contributed by atoms with van der Waals surface area (Å²) in [6.45, 7) is 9.43. The maximum absolute atomic E-state index is 5.97. The maximum atomic E-state index is 5.97. The fourth-order valence-corrected chi connectivity index (χ4v) is 2.04. The lowest BCUT2D eigenvalue weighted by atomic mass is 10.1. The van der Waals surface area contributed by atoms with E-state index in [0.717, 1.165) is 18.7 Å². The van der Waals surface area contributed by atoms with Crippen LogP contribution in [0.2, 0.25) is 5.02 Å². The molecule has 2 atom stereocenters. The summed E-state index contributed by atoms with van der Waals surface area (Å²) in [5, 5.41) is 4.20. The summed E-state index contributed by atoms with van der Waals surface area (Å²) >= 11 is 5.97. The van der Waals surface area contributed by atoms with Crippen molar-refractivity contribution >= 4 is 11.6 Å². The Hall–Kier alpha value is -0.990. The Morgan fingerprint density at radius 1 is 1.42 bits per heavy atom. The van der Waals surface area contributed by atoms with E-state index < -0.39 is 0 Å². The van der Waals surface area contributed by atoms with Crippen LogP contribution in [0.15, 0.2) is 35.9 Å². The van der Waals surface area contributed by atoms with Crippen LogP contribution in [0.25, 0.3) is 0 Å². The van der Waals surface area contributed by atoms with E-state index in [1.807, 2.05) is 24.3 Å². The van der Waals surface area contributed by atoms with Crippen LogP contribution in [-0.2, 0) is 0 Å². The van der Waals surface area contributed by atoms with Crippen molar-refractivity contribution in [3.63, 3.8) is 0 Å². The second-order valence-electron chi connectivity index (χ2n) is 5.00. The number of rotatable bonds is 7. The summed E-state index contributed by atoms with van der Waals surface area (Å²) in [6, 6.07) is 7.74. The Kier molecular flexibility index (Phi) is 6.96. The van der Waals surface area contributed by atoms with Gasteiger partial charge in [-0.3, -0.25) is 0 Å². The Bertz CT molecular complexity index is 413. The summed E-state index contributed by atoms with van der Waals surface area (Å²) in [5.74, 6) is 0.811. The van der Waals surface area contributed by atoms with Crippen LogP contribution in [0.4, 0.5) is 0 Å². The standard InChI is InChI=1S/C16H24ClNO/c1-5-9-18-16(10-12(2)3)13(4)19-15-8-6-7-14(17)11-15/h6-8,10-11,13,16,18H,5,9H2,1-4H3. The zero-order valence-corrected chi connectivity index (χ0v) is 13.0. The molecule has 19 heavy (non-hydrogen) atoms. The summed E-state index contributed by atoms with van der Waals surface area (Å²) in [7, 11) is 0. The third-order valence-corrected chi connectivity index (χ3v) is 3.00. The molecule has 0 heterocycles. The molecule has 0 amide bonds. The molecule has 0 bridgehead atoms. The number of hydrogen-bond donors (Lipinski definition) is 1. The predicted molar refractivity (Wildman–Crippen MR) is 83.1 cm³/mol. The van der Waals surface area contributed by atoms with Gasteiger partial charge in [0, 0.05) is 5.02 Å². The van der Waals surface area contributed by atoms with Crippen LogP contribution in [0.1, 0.15) is 34.1 Å². The number of benzene rings is 1. The molecule has 0 aromatic heterocycles. The van der Waals surface area contributed by atoms with Gasteiger partial charge in [0.2, 0.25) is 0 Å². The van der Waals surface area contributed by atoms with Crippen molar-refractivity contribution in [1.82, 2.24) is 5.32 Å². The number of ether oxygens (including phenoxy) is 1. The zero-order chi connectivity index (χ0) is 14.3. The van der Waals surface area contributed by atoms with Gasteiger partial charge in [-0.2, -0.15) is 0 Å². The molecule has 0 saturated carbocycles. The molecule has 0 radical (unpaired) electrons. The summed E-state index contributed by atoms with van der Waals surface area (Å²) < 4.78 is 5.96. The van der Waals surface area contributed by atoms with E-state index in [4.69, 9.17) is 16.3 Å². The minimum absolute atomic E-state index is 0.0555. The van der Waals surface area contributed by atoms with Crippen LogP contribution < -0.4 is 10.1 Å². The van der Waals surface area contributed by atoms with E-state index >= 15 is 0 Å². The van der Waals surface area contributed by atoms with Gasteiger partial charge >= 0.3 is 0 Å². The smallest absolute Gasteiger partial charge is 0.121 e. The number of hydrogen-bond acceptors (Lipinski definition) is 2. The molecule has 3 heteroatoms. The minimum atomic E-state index is 0.0555. The molecular formula is C16H24ClNO. The Morgan fingerprint density at radius 3 is 2.74 bits per heavy atom. The van der Waals surface area contributed by atoms with Crippen molar-refractivity contribution < 1.29 is 4.74 Å². The molecule has 1 rings (SSSR count). The van der Waals surface area contributed by atoms with Gasteiger partial charge in [0.25, 0.3) is 0 Å².